The van der Waals surface area contributed by atoms with Gasteiger partial charge in [0, 0.05) is 13.2 Å². The molecule has 5 nitrogen and oxygen atoms in total. The van der Waals surface area contributed by atoms with Crippen LogP contribution >= 0.6 is 11.6 Å². The molecule has 6 heteroatoms. The summed E-state index contributed by atoms with van der Waals surface area (Å²) in [6.45, 7) is 2.02. The van der Waals surface area contributed by atoms with Crippen molar-refractivity contribution < 1.29 is 0 Å². The van der Waals surface area contributed by atoms with Gasteiger partial charge in [-0.2, -0.15) is 0 Å². The smallest absolute Gasteiger partial charge is 0.153 e. The van der Waals surface area contributed by atoms with Crippen LogP contribution in [0.25, 0.3) is 0 Å². The molecule has 0 bridgehead atoms. The van der Waals surface area contributed by atoms with Gasteiger partial charge in [0.15, 0.2) is 5.82 Å². The molecule has 0 aromatic carbocycles. The number of hydrogen-bond acceptors (Lipinski definition) is 5. The van der Waals surface area contributed by atoms with Crippen molar-refractivity contribution >= 4 is 23.2 Å². The lowest BCUT2D eigenvalue weighted by Gasteiger charge is -2.26. The van der Waals surface area contributed by atoms with Crippen molar-refractivity contribution in [3.63, 3.8) is 0 Å². The van der Waals surface area contributed by atoms with Gasteiger partial charge in [-0.05, 0) is 19.1 Å². The lowest BCUT2D eigenvalue weighted by molar-refractivity contribution is 0.704. The van der Waals surface area contributed by atoms with Gasteiger partial charge in [0.05, 0.1) is 11.7 Å². The van der Waals surface area contributed by atoms with Gasteiger partial charge in [-0.1, -0.05) is 17.7 Å². The minimum absolute atomic E-state index is 0.0398. The molecular weight excluding hydrogens is 250 g/mol. The number of rotatable bonds is 3. The Hall–Kier alpha value is -1.88. The molecule has 0 saturated heterocycles. The van der Waals surface area contributed by atoms with E-state index < -0.39 is 0 Å². The van der Waals surface area contributed by atoms with Gasteiger partial charge < -0.3 is 10.6 Å². The second-order valence-corrected chi connectivity index (χ2v) is 4.32. The molecule has 2 aromatic heterocycles. The number of hydrogen-bond donors (Lipinski definition) is 1. The summed E-state index contributed by atoms with van der Waals surface area (Å²) in [5.41, 5.74) is 6.61. The summed E-state index contributed by atoms with van der Waals surface area (Å²) in [4.78, 5) is 14.2. The second kappa shape index (κ2) is 5.18. The predicted octanol–water partition coefficient (Wildman–Crippen LogP) is 2.30. The largest absolute Gasteiger partial charge is 0.382 e. The van der Waals surface area contributed by atoms with E-state index in [1.807, 2.05) is 37.1 Å². The molecule has 2 aromatic rings. The lowest BCUT2D eigenvalue weighted by atomic mass is 10.2. The van der Waals surface area contributed by atoms with Gasteiger partial charge in [0.2, 0.25) is 0 Å². The topological polar surface area (TPSA) is 67.9 Å². The SMILES string of the molecule is CC(c1ccccn1)N(C)c1ncnc(N)c1Cl. The molecule has 0 aliphatic carbocycles. The van der Waals surface area contributed by atoms with Gasteiger partial charge in [-0.15, -0.1) is 0 Å². The summed E-state index contributed by atoms with van der Waals surface area (Å²) in [7, 11) is 1.90. The summed E-state index contributed by atoms with van der Waals surface area (Å²) in [5, 5.41) is 0.364. The molecule has 0 aliphatic heterocycles. The molecule has 1 atom stereocenters. The van der Waals surface area contributed by atoms with Crippen LogP contribution in [-0.4, -0.2) is 22.0 Å². The van der Waals surface area contributed by atoms with E-state index in [0.717, 1.165) is 5.69 Å². The highest BCUT2D eigenvalue weighted by Gasteiger charge is 2.18. The minimum Gasteiger partial charge on any atom is -0.382 e. The van der Waals surface area contributed by atoms with Crippen LogP contribution in [0.5, 0.6) is 0 Å². The lowest BCUT2D eigenvalue weighted by Crippen LogP contribution is -2.24. The first kappa shape index (κ1) is 12.6. The molecule has 94 valence electrons. The first-order valence-electron chi connectivity index (χ1n) is 5.51. The van der Waals surface area contributed by atoms with Crippen LogP contribution in [0.3, 0.4) is 0 Å². The van der Waals surface area contributed by atoms with Gasteiger partial charge in [-0.3, -0.25) is 4.98 Å². The van der Waals surface area contributed by atoms with E-state index in [0.29, 0.717) is 10.8 Å². The van der Waals surface area contributed by atoms with Gasteiger partial charge >= 0.3 is 0 Å². The van der Waals surface area contributed by atoms with E-state index in [1.54, 1.807) is 6.20 Å². The highest BCUT2D eigenvalue weighted by molar-refractivity contribution is 6.35. The molecule has 2 N–H and O–H groups in total. The molecule has 2 rings (SSSR count). The van der Waals surface area contributed by atoms with Crippen molar-refractivity contribution in [1.29, 1.82) is 0 Å². The number of halogens is 1. The zero-order valence-corrected chi connectivity index (χ0v) is 11.0. The van der Waals surface area contributed by atoms with Crippen LogP contribution < -0.4 is 10.6 Å². The Balaban J connectivity index is 2.31. The van der Waals surface area contributed by atoms with E-state index in [-0.39, 0.29) is 11.9 Å². The third kappa shape index (κ3) is 2.36. The van der Waals surface area contributed by atoms with Crippen LogP contribution in [-0.2, 0) is 0 Å². The first-order chi connectivity index (χ1) is 8.61. The van der Waals surface area contributed by atoms with E-state index in [2.05, 4.69) is 15.0 Å². The summed E-state index contributed by atoms with van der Waals surface area (Å²) < 4.78 is 0. The van der Waals surface area contributed by atoms with Crippen molar-refractivity contribution in [1.82, 2.24) is 15.0 Å². The second-order valence-electron chi connectivity index (χ2n) is 3.94. The van der Waals surface area contributed by atoms with E-state index in [1.165, 1.54) is 6.33 Å². The fraction of sp³-hybridized carbons (Fsp3) is 0.250. The Kier molecular flexibility index (Phi) is 3.62. The summed E-state index contributed by atoms with van der Waals surface area (Å²) >= 11 is 6.11. The molecule has 1 unspecified atom stereocenters. The normalized spacial score (nSPS) is 12.2. The Morgan fingerprint density at radius 2 is 2.06 bits per heavy atom. The minimum atomic E-state index is 0.0398. The van der Waals surface area contributed by atoms with Crippen molar-refractivity contribution in [3.05, 3.63) is 41.4 Å². The fourth-order valence-electron chi connectivity index (χ4n) is 1.62. The number of nitrogens with zero attached hydrogens (tertiary/aromatic N) is 4. The van der Waals surface area contributed by atoms with Crippen LogP contribution in [0.15, 0.2) is 30.7 Å². The zero-order chi connectivity index (χ0) is 13.1. The number of aromatic nitrogens is 3. The van der Waals surface area contributed by atoms with Crippen molar-refractivity contribution in [2.45, 2.75) is 13.0 Å². The Labute approximate surface area is 111 Å². The maximum absolute atomic E-state index is 6.11. The Morgan fingerprint density at radius 1 is 1.28 bits per heavy atom. The molecular formula is C12H14ClN5. The monoisotopic (exact) mass is 263 g/mol. The number of nitrogen functional groups attached to an aromatic ring is 1. The van der Waals surface area contributed by atoms with Crippen molar-refractivity contribution in [2.75, 3.05) is 17.7 Å². The summed E-state index contributed by atoms with van der Waals surface area (Å²) in [6, 6.07) is 5.83. The van der Waals surface area contributed by atoms with Crippen LogP contribution in [0.2, 0.25) is 5.02 Å². The molecule has 18 heavy (non-hydrogen) atoms. The Bertz CT molecular complexity index is 531. The third-order valence-corrected chi connectivity index (χ3v) is 3.19. The predicted molar refractivity (Wildman–Crippen MR) is 72.5 cm³/mol. The fourth-order valence-corrected chi connectivity index (χ4v) is 1.86. The summed E-state index contributed by atoms with van der Waals surface area (Å²) in [6.07, 6.45) is 3.16. The molecule has 0 aliphatic rings. The number of pyridine rings is 1. The Morgan fingerprint density at radius 3 is 2.72 bits per heavy atom. The van der Waals surface area contributed by atoms with Gasteiger partial charge in [-0.25, -0.2) is 9.97 Å². The summed E-state index contributed by atoms with van der Waals surface area (Å²) in [5.74, 6) is 0.879. The number of anilines is 2. The average molecular weight is 264 g/mol. The average Bonchev–Trinajstić information content (AvgIpc) is 2.41. The van der Waals surface area contributed by atoms with E-state index in [9.17, 15) is 0 Å². The van der Waals surface area contributed by atoms with Gasteiger partial charge in [0.25, 0.3) is 0 Å². The molecule has 0 fully saturated rings. The van der Waals surface area contributed by atoms with Crippen molar-refractivity contribution in [3.8, 4) is 0 Å². The van der Waals surface area contributed by atoms with Crippen molar-refractivity contribution in [2.24, 2.45) is 0 Å². The standard InChI is InChI=1S/C12H14ClN5/c1-8(9-5-3-4-6-15-9)18(2)12-10(13)11(14)16-7-17-12/h3-8H,1-2H3,(H2,14,16,17). The quantitative estimate of drug-likeness (QED) is 0.920. The molecule has 0 saturated carbocycles. The molecule has 0 spiro atoms. The molecule has 0 radical (unpaired) electrons. The highest BCUT2D eigenvalue weighted by Crippen LogP contribution is 2.30. The van der Waals surface area contributed by atoms with Crippen LogP contribution in [0.4, 0.5) is 11.6 Å². The maximum atomic E-state index is 6.11. The van der Waals surface area contributed by atoms with Crippen LogP contribution in [0, 0.1) is 0 Å². The van der Waals surface area contributed by atoms with Crippen LogP contribution in [0.1, 0.15) is 18.7 Å². The third-order valence-electron chi connectivity index (χ3n) is 2.83. The molecule has 0 amide bonds. The van der Waals surface area contributed by atoms with Gasteiger partial charge in [0.1, 0.15) is 17.2 Å². The van der Waals surface area contributed by atoms with E-state index >= 15 is 0 Å². The maximum Gasteiger partial charge on any atom is 0.153 e. The highest BCUT2D eigenvalue weighted by atomic mass is 35.5. The number of nitrogens with two attached hydrogens (primary N) is 1. The van der Waals surface area contributed by atoms with E-state index in [4.69, 9.17) is 17.3 Å². The molecule has 2 heterocycles. The first-order valence-corrected chi connectivity index (χ1v) is 5.88. The zero-order valence-electron chi connectivity index (χ0n) is 10.2.